The van der Waals surface area contributed by atoms with Crippen molar-refractivity contribution in [2.45, 2.75) is 33.1 Å². The van der Waals surface area contributed by atoms with Gasteiger partial charge < -0.3 is 11.5 Å². The van der Waals surface area contributed by atoms with Gasteiger partial charge in [-0.05, 0) is 31.3 Å². The summed E-state index contributed by atoms with van der Waals surface area (Å²) in [4.78, 5) is 0. The van der Waals surface area contributed by atoms with Crippen LogP contribution in [-0.4, -0.2) is 13.1 Å². The molecule has 0 radical (unpaired) electrons. The molecular formula is C8H20N2. The molecule has 0 amide bonds. The molecule has 0 unspecified atom stereocenters. The fraction of sp³-hybridized carbons (Fsp3) is 1.00. The zero-order valence-electron chi connectivity index (χ0n) is 7.19. The Morgan fingerprint density at radius 3 is 2.10 bits per heavy atom. The first-order valence-electron chi connectivity index (χ1n) is 4.02. The maximum Gasteiger partial charge on any atom is -0.00258 e. The maximum absolute atomic E-state index is 5.56. The van der Waals surface area contributed by atoms with Gasteiger partial charge in [0.1, 0.15) is 0 Å². The van der Waals surface area contributed by atoms with Crippen LogP contribution in [0.15, 0.2) is 0 Å². The predicted molar refractivity (Wildman–Crippen MR) is 45.7 cm³/mol. The van der Waals surface area contributed by atoms with E-state index in [1.54, 1.807) is 0 Å². The molecule has 0 aromatic rings. The van der Waals surface area contributed by atoms with Crippen molar-refractivity contribution >= 4 is 0 Å². The average Bonchev–Trinajstić information content (AvgIpc) is 1.89. The number of hydrogen-bond acceptors (Lipinski definition) is 2. The summed E-state index contributed by atoms with van der Waals surface area (Å²) in [6.45, 7) is 5.98. The second-order valence-corrected chi connectivity index (χ2v) is 3.61. The summed E-state index contributed by atoms with van der Waals surface area (Å²) in [5, 5.41) is 0. The van der Waals surface area contributed by atoms with E-state index < -0.39 is 0 Å². The maximum atomic E-state index is 5.56. The molecule has 2 heteroatoms. The van der Waals surface area contributed by atoms with Gasteiger partial charge in [0.25, 0.3) is 0 Å². The van der Waals surface area contributed by atoms with Crippen LogP contribution in [0.2, 0.25) is 0 Å². The Balaban J connectivity index is 3.28. The van der Waals surface area contributed by atoms with Crippen molar-refractivity contribution in [3.05, 3.63) is 0 Å². The third kappa shape index (κ3) is 4.77. The lowest BCUT2D eigenvalue weighted by Gasteiger charge is -2.21. The molecule has 4 N–H and O–H groups in total. The van der Waals surface area contributed by atoms with Gasteiger partial charge >= 0.3 is 0 Å². The molecule has 0 aliphatic heterocycles. The molecule has 0 aromatic heterocycles. The minimum atomic E-state index is 0.315. The van der Waals surface area contributed by atoms with Gasteiger partial charge in [-0.2, -0.15) is 0 Å². The zero-order valence-corrected chi connectivity index (χ0v) is 7.19. The Morgan fingerprint density at radius 1 is 1.10 bits per heavy atom. The van der Waals surface area contributed by atoms with E-state index >= 15 is 0 Å². The Morgan fingerprint density at radius 2 is 1.70 bits per heavy atom. The van der Waals surface area contributed by atoms with Crippen molar-refractivity contribution in [2.24, 2.45) is 16.9 Å². The van der Waals surface area contributed by atoms with E-state index in [0.717, 1.165) is 19.5 Å². The molecule has 0 saturated heterocycles. The molecule has 0 saturated carbocycles. The summed E-state index contributed by atoms with van der Waals surface area (Å²) >= 11 is 0. The number of rotatable bonds is 5. The van der Waals surface area contributed by atoms with Gasteiger partial charge in [0.15, 0.2) is 0 Å². The van der Waals surface area contributed by atoms with E-state index in [1.807, 2.05) is 0 Å². The predicted octanol–water partition coefficient (Wildman–Crippen LogP) is 1.10. The Kier molecular flexibility index (Phi) is 4.65. The molecule has 2 nitrogen and oxygen atoms in total. The second kappa shape index (κ2) is 4.69. The zero-order chi connectivity index (χ0) is 8.04. The van der Waals surface area contributed by atoms with Crippen LogP contribution in [-0.2, 0) is 0 Å². The van der Waals surface area contributed by atoms with Crippen LogP contribution in [0.4, 0.5) is 0 Å². The smallest absolute Gasteiger partial charge is 0.00258 e. The molecule has 0 fully saturated rings. The van der Waals surface area contributed by atoms with Crippen LogP contribution in [0.5, 0.6) is 0 Å². The van der Waals surface area contributed by atoms with E-state index in [0.29, 0.717) is 5.41 Å². The fourth-order valence-corrected chi connectivity index (χ4v) is 0.850. The van der Waals surface area contributed by atoms with Crippen molar-refractivity contribution in [3.63, 3.8) is 0 Å². The molecule has 0 bridgehead atoms. The Labute approximate surface area is 64.0 Å². The second-order valence-electron chi connectivity index (χ2n) is 3.61. The number of hydrogen-bond donors (Lipinski definition) is 2. The first-order valence-corrected chi connectivity index (χ1v) is 4.02. The highest BCUT2D eigenvalue weighted by Crippen LogP contribution is 2.20. The largest absolute Gasteiger partial charge is 0.330 e. The number of nitrogens with two attached hydrogens (primary N) is 2. The molecule has 10 heavy (non-hydrogen) atoms. The van der Waals surface area contributed by atoms with Gasteiger partial charge in [0, 0.05) is 0 Å². The van der Waals surface area contributed by atoms with Crippen molar-refractivity contribution in [2.75, 3.05) is 13.1 Å². The molecule has 0 rings (SSSR count). The third-order valence-electron chi connectivity index (χ3n) is 1.86. The lowest BCUT2D eigenvalue weighted by atomic mass is 9.87. The molecule has 62 valence electrons. The van der Waals surface area contributed by atoms with Crippen LogP contribution < -0.4 is 11.5 Å². The van der Waals surface area contributed by atoms with Gasteiger partial charge in [-0.25, -0.2) is 0 Å². The molecule has 0 aliphatic rings. The summed E-state index contributed by atoms with van der Waals surface area (Å²) in [5.41, 5.74) is 11.2. The lowest BCUT2D eigenvalue weighted by Crippen LogP contribution is -2.23. The molecule has 0 heterocycles. The minimum Gasteiger partial charge on any atom is -0.330 e. The van der Waals surface area contributed by atoms with Crippen LogP contribution >= 0.6 is 0 Å². The molecular weight excluding hydrogens is 124 g/mol. The Bertz CT molecular complexity index is 79.3. The van der Waals surface area contributed by atoms with Crippen LogP contribution in [0, 0.1) is 5.41 Å². The monoisotopic (exact) mass is 144 g/mol. The van der Waals surface area contributed by atoms with E-state index in [9.17, 15) is 0 Å². The molecule has 0 aliphatic carbocycles. The van der Waals surface area contributed by atoms with E-state index in [-0.39, 0.29) is 0 Å². The van der Waals surface area contributed by atoms with Crippen molar-refractivity contribution in [1.82, 2.24) is 0 Å². The quantitative estimate of drug-likeness (QED) is 0.568. The van der Waals surface area contributed by atoms with Gasteiger partial charge in [-0.15, -0.1) is 0 Å². The first-order chi connectivity index (χ1) is 4.62. The SMILES string of the molecule is CC(C)(CN)CCCCN. The summed E-state index contributed by atoms with van der Waals surface area (Å²) < 4.78 is 0. The standard InChI is InChI=1S/C8H20N2/c1-8(2,7-10)5-3-4-6-9/h3-7,9-10H2,1-2H3. The topological polar surface area (TPSA) is 52.0 Å². The van der Waals surface area contributed by atoms with Crippen molar-refractivity contribution in [1.29, 1.82) is 0 Å². The van der Waals surface area contributed by atoms with Crippen LogP contribution in [0.25, 0.3) is 0 Å². The van der Waals surface area contributed by atoms with Gasteiger partial charge in [0.05, 0.1) is 0 Å². The molecule has 0 spiro atoms. The Hall–Kier alpha value is -0.0800. The minimum absolute atomic E-state index is 0.315. The molecule has 0 atom stereocenters. The van der Waals surface area contributed by atoms with Gasteiger partial charge in [-0.3, -0.25) is 0 Å². The summed E-state index contributed by atoms with van der Waals surface area (Å²) in [7, 11) is 0. The highest BCUT2D eigenvalue weighted by atomic mass is 14.6. The summed E-state index contributed by atoms with van der Waals surface area (Å²) in [5.74, 6) is 0. The molecule has 0 aromatic carbocycles. The normalized spacial score (nSPS) is 12.0. The van der Waals surface area contributed by atoms with Crippen LogP contribution in [0.3, 0.4) is 0 Å². The first kappa shape index (κ1) is 9.92. The van der Waals surface area contributed by atoms with E-state index in [2.05, 4.69) is 13.8 Å². The lowest BCUT2D eigenvalue weighted by molar-refractivity contribution is 0.334. The van der Waals surface area contributed by atoms with Gasteiger partial charge in [0.2, 0.25) is 0 Å². The van der Waals surface area contributed by atoms with E-state index in [4.69, 9.17) is 11.5 Å². The van der Waals surface area contributed by atoms with E-state index in [1.165, 1.54) is 12.8 Å². The van der Waals surface area contributed by atoms with Crippen molar-refractivity contribution in [3.8, 4) is 0 Å². The third-order valence-corrected chi connectivity index (χ3v) is 1.86. The summed E-state index contributed by atoms with van der Waals surface area (Å²) in [6, 6.07) is 0. The number of unbranched alkanes of at least 4 members (excludes halogenated alkanes) is 1. The van der Waals surface area contributed by atoms with Crippen LogP contribution in [0.1, 0.15) is 33.1 Å². The highest BCUT2D eigenvalue weighted by molar-refractivity contribution is 4.68. The van der Waals surface area contributed by atoms with Gasteiger partial charge in [-0.1, -0.05) is 20.3 Å². The van der Waals surface area contributed by atoms with Crippen molar-refractivity contribution < 1.29 is 0 Å². The summed E-state index contributed by atoms with van der Waals surface area (Å²) in [6.07, 6.45) is 3.53. The fourth-order valence-electron chi connectivity index (χ4n) is 0.850. The highest BCUT2D eigenvalue weighted by Gasteiger charge is 2.13. The average molecular weight is 144 g/mol.